The van der Waals surface area contributed by atoms with E-state index in [2.05, 4.69) is 15.3 Å². The molecule has 4 rings (SSSR count). The summed E-state index contributed by atoms with van der Waals surface area (Å²) in [7, 11) is 0. The zero-order valence-electron chi connectivity index (χ0n) is 14.8. The molecule has 0 aliphatic carbocycles. The highest BCUT2D eigenvalue weighted by atomic mass is 17.2. The van der Waals surface area contributed by atoms with Crippen molar-refractivity contribution >= 4 is 22.6 Å². The maximum Gasteiger partial charge on any atom is 0.343 e. The molecule has 0 atom stereocenters. The number of carbonyl (C=O) groups excluding carboxylic acids is 1. The van der Waals surface area contributed by atoms with Crippen LogP contribution in [0.25, 0.3) is 16.6 Å². The first-order valence-electron chi connectivity index (χ1n) is 8.71. The van der Waals surface area contributed by atoms with Crippen molar-refractivity contribution in [3.8, 4) is 5.75 Å². The smallest absolute Gasteiger partial charge is 0.343 e. The number of H-pyrrole nitrogens is 1. The van der Waals surface area contributed by atoms with Crippen LogP contribution in [-0.4, -0.2) is 22.5 Å². The van der Waals surface area contributed by atoms with Crippen molar-refractivity contribution in [1.29, 1.82) is 0 Å². The zero-order chi connectivity index (χ0) is 18.6. The lowest BCUT2D eigenvalue weighted by Gasteiger charge is -2.07. The monoisotopic (exact) mass is 365 g/mol. The minimum Gasteiger partial charge on any atom is -0.462 e. The molecule has 0 radical (unpaired) electrons. The number of nitrogens with zero attached hydrogens (tertiary/aromatic N) is 1. The van der Waals surface area contributed by atoms with Gasteiger partial charge in [-0.3, -0.25) is 0 Å². The fraction of sp³-hybridized carbons (Fsp3) is 0.200. The summed E-state index contributed by atoms with van der Waals surface area (Å²) in [5.74, 6) is 0.753. The number of rotatable bonds is 6. The summed E-state index contributed by atoms with van der Waals surface area (Å²) in [6.45, 7) is 3.04. The Labute approximate surface area is 155 Å². The molecule has 7 nitrogen and oxygen atoms in total. The molecule has 0 saturated carbocycles. The molecule has 27 heavy (non-hydrogen) atoms. The molecule has 0 spiro atoms. The highest BCUT2D eigenvalue weighted by Gasteiger charge is 2.18. The van der Waals surface area contributed by atoms with E-state index in [1.807, 2.05) is 42.5 Å². The van der Waals surface area contributed by atoms with Crippen LogP contribution in [0.5, 0.6) is 5.75 Å². The number of aromatic amines is 1. The average Bonchev–Trinajstić information content (AvgIpc) is 3.31. The van der Waals surface area contributed by atoms with Gasteiger partial charge < -0.3 is 19.9 Å². The normalized spacial score (nSPS) is 13.3. The van der Waals surface area contributed by atoms with Gasteiger partial charge in [-0.15, -0.1) is 0 Å². The number of benzene rings is 2. The molecule has 7 heteroatoms. The summed E-state index contributed by atoms with van der Waals surface area (Å²) in [6, 6.07) is 13.5. The predicted molar refractivity (Wildman–Crippen MR) is 99.4 cm³/mol. The maximum absolute atomic E-state index is 12.4. The molecular weight excluding hydrogens is 346 g/mol. The van der Waals surface area contributed by atoms with E-state index in [1.165, 1.54) is 0 Å². The summed E-state index contributed by atoms with van der Waals surface area (Å²) in [5, 5.41) is 3.16. The van der Waals surface area contributed by atoms with E-state index in [0.717, 1.165) is 27.9 Å². The molecule has 0 saturated heterocycles. The quantitative estimate of drug-likeness (QED) is 0.397. The minimum atomic E-state index is -0.435. The molecule has 0 unspecified atom stereocenters. The highest BCUT2D eigenvalue weighted by molar-refractivity contribution is 6.15. The van der Waals surface area contributed by atoms with E-state index in [9.17, 15) is 4.79 Å². The number of imidazole rings is 1. The van der Waals surface area contributed by atoms with Crippen LogP contribution in [0.4, 0.5) is 0 Å². The number of esters is 1. The third-order valence-corrected chi connectivity index (χ3v) is 4.19. The first kappa shape index (κ1) is 17.1. The Balaban J connectivity index is 1.55. The molecule has 2 aromatic carbocycles. The summed E-state index contributed by atoms with van der Waals surface area (Å²) < 4.78 is 5.17. The molecule has 1 aliphatic rings. The van der Waals surface area contributed by atoms with Gasteiger partial charge in [0.2, 0.25) is 0 Å². The molecule has 0 bridgehead atoms. The number of nitrogens with one attached hydrogen (secondary N) is 2. The van der Waals surface area contributed by atoms with Gasteiger partial charge in [-0.2, -0.15) is 4.89 Å². The van der Waals surface area contributed by atoms with E-state index in [4.69, 9.17) is 14.5 Å². The Morgan fingerprint density at radius 2 is 2.22 bits per heavy atom. The molecule has 0 amide bonds. The van der Waals surface area contributed by atoms with E-state index >= 15 is 0 Å². The van der Waals surface area contributed by atoms with Gasteiger partial charge in [0.25, 0.3) is 0 Å². The molecule has 2 heterocycles. The molecule has 0 fully saturated rings. The van der Waals surface area contributed by atoms with Gasteiger partial charge in [0.05, 0.1) is 17.6 Å². The predicted octanol–water partition coefficient (Wildman–Crippen LogP) is 3.08. The maximum atomic E-state index is 12.4. The number of hydrogen-bond acceptors (Lipinski definition) is 6. The number of hydrogen-bond donors (Lipinski definition) is 2. The summed E-state index contributed by atoms with van der Waals surface area (Å²) >= 11 is 0. The van der Waals surface area contributed by atoms with Crippen molar-refractivity contribution < 1.29 is 19.3 Å². The fourth-order valence-corrected chi connectivity index (χ4v) is 2.85. The summed E-state index contributed by atoms with van der Waals surface area (Å²) in [6.07, 6.45) is 1.63. The largest absolute Gasteiger partial charge is 0.462 e. The minimum absolute atomic E-state index is 0.290. The first-order valence-corrected chi connectivity index (χ1v) is 8.71. The van der Waals surface area contributed by atoms with Crippen molar-refractivity contribution in [3.63, 3.8) is 0 Å². The van der Waals surface area contributed by atoms with Gasteiger partial charge in [-0.1, -0.05) is 24.3 Å². The summed E-state index contributed by atoms with van der Waals surface area (Å²) in [5.41, 5.74) is 4.01. The second kappa shape index (κ2) is 7.51. The van der Waals surface area contributed by atoms with Gasteiger partial charge >= 0.3 is 5.97 Å². The van der Waals surface area contributed by atoms with Crippen LogP contribution in [0.1, 0.15) is 23.9 Å². The molecular formula is C20H19N3O4. The van der Waals surface area contributed by atoms with Gasteiger partial charge in [-0.05, 0) is 30.7 Å². The van der Waals surface area contributed by atoms with Crippen LogP contribution >= 0.6 is 0 Å². The summed E-state index contributed by atoms with van der Waals surface area (Å²) in [4.78, 5) is 30.1. The van der Waals surface area contributed by atoms with E-state index < -0.39 is 5.97 Å². The van der Waals surface area contributed by atoms with Crippen molar-refractivity contribution in [3.05, 3.63) is 65.6 Å². The van der Waals surface area contributed by atoms with E-state index in [-0.39, 0.29) is 0 Å². The van der Waals surface area contributed by atoms with Crippen molar-refractivity contribution in [1.82, 2.24) is 15.3 Å². The van der Waals surface area contributed by atoms with Crippen molar-refractivity contribution in [2.24, 2.45) is 0 Å². The number of carbonyl (C=O) groups is 1. The first-order chi connectivity index (χ1) is 13.2. The van der Waals surface area contributed by atoms with Gasteiger partial charge in [0, 0.05) is 18.3 Å². The average molecular weight is 365 g/mol. The van der Waals surface area contributed by atoms with Crippen molar-refractivity contribution in [2.45, 2.75) is 20.1 Å². The van der Waals surface area contributed by atoms with E-state index in [0.29, 0.717) is 31.2 Å². The molecule has 2 N–H and O–H groups in total. The molecule has 1 aromatic heterocycles. The fourth-order valence-electron chi connectivity index (χ4n) is 2.85. The number of para-hydroxylation sites is 2. The molecule has 1 aliphatic heterocycles. The van der Waals surface area contributed by atoms with Crippen LogP contribution in [0, 0.1) is 0 Å². The second-order valence-corrected chi connectivity index (χ2v) is 6.05. The second-order valence-electron chi connectivity index (χ2n) is 6.05. The van der Waals surface area contributed by atoms with Crippen LogP contribution in [0.3, 0.4) is 0 Å². The number of ether oxygens (including phenoxy) is 1. The van der Waals surface area contributed by atoms with E-state index in [1.54, 1.807) is 13.1 Å². The third-order valence-electron chi connectivity index (χ3n) is 4.19. The number of aromatic nitrogens is 2. The third kappa shape index (κ3) is 3.63. The van der Waals surface area contributed by atoms with Crippen LogP contribution in [0.2, 0.25) is 0 Å². The lowest BCUT2D eigenvalue weighted by Crippen LogP contribution is -2.13. The Hall–Kier alpha value is -3.32. The Morgan fingerprint density at radius 1 is 1.33 bits per heavy atom. The molecule has 138 valence electrons. The SMILES string of the molecule is CCOC(=O)/C(=C/NCc1ccc2c(c1)OOC2)c1nc2ccccc2[nH]1. The Bertz CT molecular complexity index is 976. The van der Waals surface area contributed by atoms with Crippen LogP contribution in [-0.2, 0) is 27.6 Å². The zero-order valence-corrected chi connectivity index (χ0v) is 14.8. The lowest BCUT2D eigenvalue weighted by atomic mass is 10.1. The Morgan fingerprint density at radius 3 is 3.07 bits per heavy atom. The van der Waals surface area contributed by atoms with Crippen molar-refractivity contribution in [2.75, 3.05) is 6.61 Å². The standard InChI is InChI=1S/C20H19N3O4/c1-2-25-20(24)15(19-22-16-5-3-4-6-17(16)23-19)11-21-10-13-7-8-14-12-26-27-18(14)9-13/h3-9,11,21H,2,10,12H2,1H3,(H,22,23)/b15-11+. The topological polar surface area (TPSA) is 85.5 Å². The lowest BCUT2D eigenvalue weighted by molar-refractivity contribution is -0.194. The molecule has 3 aromatic rings. The van der Waals surface area contributed by atoms with Gasteiger partial charge in [0.1, 0.15) is 18.0 Å². The Kier molecular flexibility index (Phi) is 4.76. The van der Waals surface area contributed by atoms with Gasteiger partial charge in [0.15, 0.2) is 5.75 Å². The van der Waals surface area contributed by atoms with Gasteiger partial charge in [-0.25, -0.2) is 9.78 Å². The highest BCUT2D eigenvalue weighted by Crippen LogP contribution is 2.27. The number of fused-ring (bicyclic) bond motifs is 2. The van der Waals surface area contributed by atoms with Crippen LogP contribution < -0.4 is 10.2 Å². The van der Waals surface area contributed by atoms with Crippen LogP contribution in [0.15, 0.2) is 48.7 Å².